The highest BCUT2D eigenvalue weighted by atomic mass is 32.1. The van der Waals surface area contributed by atoms with Crippen LogP contribution < -0.4 is 0 Å². The molecule has 0 bridgehead atoms. The highest BCUT2D eigenvalue weighted by molar-refractivity contribution is 7.13. The second-order valence-corrected chi connectivity index (χ2v) is 6.26. The van der Waals surface area contributed by atoms with Gasteiger partial charge in [0.2, 0.25) is 0 Å². The first-order valence-corrected chi connectivity index (χ1v) is 7.73. The molecule has 0 N–H and O–H groups in total. The first-order chi connectivity index (χ1) is 10.2. The van der Waals surface area contributed by atoms with Crippen LogP contribution in [0.2, 0.25) is 0 Å². The van der Waals surface area contributed by atoms with Gasteiger partial charge in [-0.2, -0.15) is 10.2 Å². The molecule has 1 aliphatic rings. The fourth-order valence-electron chi connectivity index (χ4n) is 2.72. The molecule has 3 aromatic heterocycles. The Hall–Kier alpha value is -1.99. The van der Waals surface area contributed by atoms with E-state index in [1.165, 1.54) is 11.3 Å². The van der Waals surface area contributed by atoms with Crippen LogP contribution in [0.25, 0.3) is 10.7 Å². The summed E-state index contributed by atoms with van der Waals surface area (Å²) in [7, 11) is 3.93. The van der Waals surface area contributed by atoms with Gasteiger partial charge >= 0.3 is 0 Å². The molecule has 7 heteroatoms. The minimum atomic E-state index is 0.873. The van der Waals surface area contributed by atoms with Gasteiger partial charge in [0.15, 0.2) is 0 Å². The van der Waals surface area contributed by atoms with Crippen molar-refractivity contribution in [3.8, 4) is 10.7 Å². The maximum Gasteiger partial charge on any atom is 0.144 e. The van der Waals surface area contributed by atoms with E-state index in [0.29, 0.717) is 0 Å². The maximum absolute atomic E-state index is 4.71. The fourth-order valence-corrected chi connectivity index (χ4v) is 3.49. The molecule has 0 saturated carbocycles. The van der Waals surface area contributed by atoms with Gasteiger partial charge < -0.3 is 0 Å². The Morgan fingerprint density at radius 3 is 2.95 bits per heavy atom. The molecule has 108 valence electrons. The summed E-state index contributed by atoms with van der Waals surface area (Å²) in [6.07, 6.45) is 3.91. The van der Waals surface area contributed by atoms with E-state index >= 15 is 0 Å². The van der Waals surface area contributed by atoms with Crippen LogP contribution in [0.5, 0.6) is 0 Å². The molecule has 4 heterocycles. The highest BCUT2D eigenvalue weighted by Gasteiger charge is 2.23. The lowest BCUT2D eigenvalue weighted by molar-refractivity contribution is 0.266. The minimum absolute atomic E-state index is 0.873. The van der Waals surface area contributed by atoms with E-state index in [4.69, 9.17) is 4.98 Å². The summed E-state index contributed by atoms with van der Waals surface area (Å²) in [5, 5.41) is 11.8. The van der Waals surface area contributed by atoms with Crippen LogP contribution in [0.4, 0.5) is 0 Å². The zero-order chi connectivity index (χ0) is 14.4. The third-order valence-corrected chi connectivity index (χ3v) is 4.70. The number of hydrogen-bond acceptors (Lipinski definition) is 5. The molecule has 0 aromatic carbocycles. The summed E-state index contributed by atoms with van der Waals surface area (Å²) in [5.74, 6) is 0. The van der Waals surface area contributed by atoms with Gasteiger partial charge in [-0.25, -0.2) is 4.98 Å². The predicted octanol–water partition coefficient (Wildman–Crippen LogP) is 1.79. The SMILES string of the molecule is Cn1ccc(-c2nc(CN3Cc4cnn(C)c4C3)cs2)n1. The molecule has 6 nitrogen and oxygen atoms in total. The van der Waals surface area contributed by atoms with E-state index in [-0.39, 0.29) is 0 Å². The van der Waals surface area contributed by atoms with Crippen molar-refractivity contribution >= 4 is 11.3 Å². The Balaban J connectivity index is 1.48. The number of aromatic nitrogens is 5. The normalized spacial score (nSPS) is 14.8. The van der Waals surface area contributed by atoms with Gasteiger partial charge in [0.25, 0.3) is 0 Å². The lowest BCUT2D eigenvalue weighted by atomic mass is 10.3. The minimum Gasteiger partial charge on any atom is -0.287 e. The standard InChI is InChI=1S/C14H16N6S/c1-18-4-3-12(17-18)14-16-11(9-21-14)7-20-6-10-5-15-19(2)13(10)8-20/h3-5,9H,6-8H2,1-2H3. The molecular weight excluding hydrogens is 284 g/mol. The van der Waals surface area contributed by atoms with Gasteiger partial charge in [-0.3, -0.25) is 14.3 Å². The molecule has 21 heavy (non-hydrogen) atoms. The van der Waals surface area contributed by atoms with Crippen molar-refractivity contribution in [2.24, 2.45) is 14.1 Å². The van der Waals surface area contributed by atoms with Crippen molar-refractivity contribution in [3.63, 3.8) is 0 Å². The van der Waals surface area contributed by atoms with Crippen LogP contribution in [-0.4, -0.2) is 29.4 Å². The Morgan fingerprint density at radius 2 is 2.19 bits per heavy atom. The third kappa shape index (κ3) is 2.28. The monoisotopic (exact) mass is 300 g/mol. The molecule has 0 amide bonds. The molecule has 0 unspecified atom stereocenters. The van der Waals surface area contributed by atoms with E-state index in [2.05, 4.69) is 20.5 Å². The molecule has 0 atom stereocenters. The van der Waals surface area contributed by atoms with Gasteiger partial charge in [-0.1, -0.05) is 0 Å². The van der Waals surface area contributed by atoms with Crippen molar-refractivity contribution < 1.29 is 0 Å². The van der Waals surface area contributed by atoms with Crippen molar-refractivity contribution in [1.82, 2.24) is 29.4 Å². The molecule has 1 aliphatic heterocycles. The zero-order valence-electron chi connectivity index (χ0n) is 12.0. The van der Waals surface area contributed by atoms with Crippen molar-refractivity contribution in [2.75, 3.05) is 0 Å². The third-order valence-electron chi connectivity index (χ3n) is 3.79. The number of thiazole rings is 1. The molecule has 0 radical (unpaired) electrons. The number of aryl methyl sites for hydroxylation is 2. The highest BCUT2D eigenvalue weighted by Crippen LogP contribution is 2.26. The average Bonchev–Trinajstić information content (AvgIpc) is 3.18. The molecule has 0 fully saturated rings. The van der Waals surface area contributed by atoms with Crippen LogP contribution in [-0.2, 0) is 33.7 Å². The Labute approximate surface area is 126 Å². The molecule has 0 aliphatic carbocycles. The number of fused-ring (bicyclic) bond motifs is 1. The fraction of sp³-hybridized carbons (Fsp3) is 0.357. The van der Waals surface area contributed by atoms with Gasteiger partial charge in [-0.05, 0) is 6.07 Å². The summed E-state index contributed by atoms with van der Waals surface area (Å²) in [4.78, 5) is 7.10. The van der Waals surface area contributed by atoms with E-state index in [1.807, 2.05) is 37.2 Å². The number of nitrogens with zero attached hydrogens (tertiary/aromatic N) is 6. The molecule has 0 saturated heterocycles. The second-order valence-electron chi connectivity index (χ2n) is 5.40. The largest absolute Gasteiger partial charge is 0.287 e. The average molecular weight is 300 g/mol. The predicted molar refractivity (Wildman–Crippen MR) is 80.5 cm³/mol. The van der Waals surface area contributed by atoms with Crippen LogP contribution in [0.3, 0.4) is 0 Å². The zero-order valence-corrected chi connectivity index (χ0v) is 12.8. The Bertz CT molecular complexity index is 783. The van der Waals surface area contributed by atoms with Crippen LogP contribution in [0.1, 0.15) is 17.0 Å². The smallest absolute Gasteiger partial charge is 0.144 e. The summed E-state index contributed by atoms with van der Waals surface area (Å²) in [6, 6.07) is 2.00. The van der Waals surface area contributed by atoms with E-state index in [9.17, 15) is 0 Å². The Kier molecular flexibility index (Phi) is 2.90. The summed E-state index contributed by atoms with van der Waals surface area (Å²) in [5.41, 5.74) is 4.71. The van der Waals surface area contributed by atoms with E-state index in [1.54, 1.807) is 16.0 Å². The Morgan fingerprint density at radius 1 is 1.29 bits per heavy atom. The van der Waals surface area contributed by atoms with Crippen molar-refractivity contribution in [3.05, 3.63) is 40.8 Å². The summed E-state index contributed by atoms with van der Waals surface area (Å²) >= 11 is 1.66. The quantitative estimate of drug-likeness (QED) is 0.740. The molecule has 4 rings (SSSR count). The number of hydrogen-bond donors (Lipinski definition) is 0. The van der Waals surface area contributed by atoms with Crippen molar-refractivity contribution in [2.45, 2.75) is 19.6 Å². The van der Waals surface area contributed by atoms with Gasteiger partial charge in [0.05, 0.1) is 17.6 Å². The van der Waals surface area contributed by atoms with Crippen LogP contribution >= 0.6 is 11.3 Å². The second kappa shape index (κ2) is 4.78. The van der Waals surface area contributed by atoms with E-state index in [0.717, 1.165) is 36.0 Å². The first kappa shape index (κ1) is 12.7. The topological polar surface area (TPSA) is 51.8 Å². The van der Waals surface area contributed by atoms with Crippen LogP contribution in [0.15, 0.2) is 23.8 Å². The lowest BCUT2D eigenvalue weighted by Gasteiger charge is -2.13. The van der Waals surface area contributed by atoms with Gasteiger partial charge in [-0.15, -0.1) is 11.3 Å². The lowest BCUT2D eigenvalue weighted by Crippen LogP contribution is -2.17. The van der Waals surface area contributed by atoms with Crippen LogP contribution in [0, 0.1) is 0 Å². The van der Waals surface area contributed by atoms with Gasteiger partial charge in [0.1, 0.15) is 10.7 Å². The van der Waals surface area contributed by atoms with E-state index < -0.39 is 0 Å². The molecule has 0 spiro atoms. The van der Waals surface area contributed by atoms with Gasteiger partial charge in [0, 0.05) is 50.9 Å². The number of rotatable bonds is 3. The molecule has 3 aromatic rings. The van der Waals surface area contributed by atoms with Crippen molar-refractivity contribution in [1.29, 1.82) is 0 Å². The summed E-state index contributed by atoms with van der Waals surface area (Å²) < 4.78 is 3.77. The molecular formula is C14H16N6S. The first-order valence-electron chi connectivity index (χ1n) is 6.85. The summed E-state index contributed by atoms with van der Waals surface area (Å²) in [6.45, 7) is 2.78. The maximum atomic E-state index is 4.71.